The number of carbonyl (C=O) groups excluding carboxylic acids is 1. The minimum Gasteiger partial charge on any atom is -0.287 e. The van der Waals surface area contributed by atoms with Gasteiger partial charge in [0.25, 0.3) is 0 Å². The van der Waals surface area contributed by atoms with Crippen molar-refractivity contribution < 1.29 is 4.79 Å². The third kappa shape index (κ3) is 2.59. The van der Waals surface area contributed by atoms with E-state index in [-0.39, 0.29) is 5.12 Å². The molecule has 0 atom stereocenters. The summed E-state index contributed by atoms with van der Waals surface area (Å²) in [5, 5.41) is 11.6. The van der Waals surface area contributed by atoms with Crippen molar-refractivity contribution in [1.82, 2.24) is 20.2 Å². The highest BCUT2D eigenvalue weighted by molar-refractivity contribution is 8.13. The van der Waals surface area contributed by atoms with Crippen LogP contribution >= 0.6 is 11.8 Å². The minimum atomic E-state index is -0.0521. The number of rotatable bonds is 3. The maximum atomic E-state index is 11.0. The molecule has 2 aromatic rings. The summed E-state index contributed by atoms with van der Waals surface area (Å²) in [6.07, 6.45) is 1.76. The first-order valence-corrected chi connectivity index (χ1v) is 5.72. The van der Waals surface area contributed by atoms with Crippen LogP contribution < -0.4 is 0 Å². The Balaban J connectivity index is 2.35. The average Bonchev–Trinajstić information content (AvgIpc) is 2.76. The Hall–Kier alpha value is -1.95. The van der Waals surface area contributed by atoms with Crippen LogP contribution in [0.1, 0.15) is 12.5 Å². The number of benzene rings is 1. The summed E-state index contributed by atoms with van der Waals surface area (Å²) in [6, 6.07) is 7.56. The van der Waals surface area contributed by atoms with E-state index >= 15 is 0 Å². The standard InChI is InChI=1S/C11H10N4OS/c1-3-9-4-6-10(7-5-9)15-11(12-13-14-15)17-8(2)16/h3-7H,1H2,2H3. The lowest BCUT2D eigenvalue weighted by Gasteiger charge is -2.02. The molecule has 0 unspecified atom stereocenters. The number of thioether (sulfide) groups is 1. The Kier molecular flexibility index (Phi) is 3.34. The molecule has 0 bridgehead atoms. The van der Waals surface area contributed by atoms with Crippen molar-refractivity contribution in [3.63, 3.8) is 0 Å². The number of carbonyl (C=O) groups is 1. The van der Waals surface area contributed by atoms with Gasteiger partial charge < -0.3 is 0 Å². The summed E-state index contributed by atoms with van der Waals surface area (Å²) in [4.78, 5) is 11.0. The van der Waals surface area contributed by atoms with Gasteiger partial charge in [0, 0.05) is 6.92 Å². The molecule has 0 fully saturated rings. The van der Waals surface area contributed by atoms with E-state index in [9.17, 15) is 4.79 Å². The summed E-state index contributed by atoms with van der Waals surface area (Å²) in [5.41, 5.74) is 1.83. The van der Waals surface area contributed by atoms with Crippen molar-refractivity contribution in [2.24, 2.45) is 0 Å². The summed E-state index contributed by atoms with van der Waals surface area (Å²) in [6.45, 7) is 5.16. The minimum absolute atomic E-state index is 0.0521. The third-order valence-electron chi connectivity index (χ3n) is 2.05. The molecule has 6 heteroatoms. The molecule has 0 saturated carbocycles. The van der Waals surface area contributed by atoms with Crippen LogP contribution in [0.5, 0.6) is 0 Å². The molecule has 0 saturated heterocycles. The molecule has 0 aliphatic heterocycles. The Morgan fingerprint density at radius 3 is 2.71 bits per heavy atom. The molecule has 2 rings (SSSR count). The lowest BCUT2D eigenvalue weighted by Crippen LogP contribution is -1.99. The number of aromatic nitrogens is 4. The number of tetrazole rings is 1. The van der Waals surface area contributed by atoms with Crippen LogP contribution in [0, 0.1) is 0 Å². The van der Waals surface area contributed by atoms with Crippen LogP contribution in [-0.4, -0.2) is 25.3 Å². The Morgan fingerprint density at radius 2 is 2.12 bits per heavy atom. The molecule has 5 nitrogen and oxygen atoms in total. The third-order valence-corrected chi connectivity index (χ3v) is 2.77. The van der Waals surface area contributed by atoms with Crippen molar-refractivity contribution >= 4 is 23.0 Å². The fourth-order valence-electron chi connectivity index (χ4n) is 1.28. The zero-order valence-corrected chi connectivity index (χ0v) is 10.0. The van der Waals surface area contributed by atoms with E-state index in [1.807, 2.05) is 24.3 Å². The molecule has 0 amide bonds. The summed E-state index contributed by atoms with van der Waals surface area (Å²) in [5.74, 6) is 0. The Morgan fingerprint density at radius 1 is 1.41 bits per heavy atom. The Labute approximate surface area is 103 Å². The summed E-state index contributed by atoms with van der Waals surface area (Å²) < 4.78 is 1.53. The van der Waals surface area contributed by atoms with Crippen molar-refractivity contribution in [3.05, 3.63) is 36.4 Å². The average molecular weight is 246 g/mol. The van der Waals surface area contributed by atoms with Gasteiger partial charge in [0.2, 0.25) is 5.16 Å². The van der Waals surface area contributed by atoms with Crippen molar-refractivity contribution in [2.45, 2.75) is 12.1 Å². The van der Waals surface area contributed by atoms with Gasteiger partial charge in [-0.1, -0.05) is 24.8 Å². The number of nitrogens with zero attached hydrogens (tertiary/aromatic N) is 4. The SMILES string of the molecule is C=Cc1ccc(-n2nnnc2SC(C)=O)cc1. The van der Waals surface area contributed by atoms with Crippen molar-refractivity contribution in [1.29, 1.82) is 0 Å². The van der Waals surface area contributed by atoms with Crippen LogP contribution in [0.3, 0.4) is 0 Å². The predicted octanol–water partition coefficient (Wildman–Crippen LogP) is 1.94. The van der Waals surface area contributed by atoms with Crippen LogP contribution in [0.15, 0.2) is 36.0 Å². The van der Waals surface area contributed by atoms with Gasteiger partial charge in [-0.3, -0.25) is 4.79 Å². The maximum Gasteiger partial charge on any atom is 0.221 e. The van der Waals surface area contributed by atoms with Crippen LogP contribution in [0.4, 0.5) is 0 Å². The van der Waals surface area contributed by atoms with E-state index in [0.29, 0.717) is 5.16 Å². The molecule has 17 heavy (non-hydrogen) atoms. The molecule has 0 aliphatic rings. The first-order chi connectivity index (χ1) is 8.20. The monoisotopic (exact) mass is 246 g/mol. The normalized spacial score (nSPS) is 10.2. The van der Waals surface area contributed by atoms with Gasteiger partial charge in [0.15, 0.2) is 5.12 Å². The first kappa shape index (κ1) is 11.5. The van der Waals surface area contributed by atoms with E-state index in [0.717, 1.165) is 23.0 Å². The fourth-order valence-corrected chi connectivity index (χ4v) is 1.85. The van der Waals surface area contributed by atoms with E-state index in [1.54, 1.807) is 6.08 Å². The van der Waals surface area contributed by atoms with E-state index in [1.165, 1.54) is 11.6 Å². The van der Waals surface area contributed by atoms with E-state index < -0.39 is 0 Å². The molecule has 1 aromatic heterocycles. The van der Waals surface area contributed by atoms with Crippen molar-refractivity contribution in [3.8, 4) is 5.69 Å². The molecule has 1 aromatic carbocycles. The summed E-state index contributed by atoms with van der Waals surface area (Å²) >= 11 is 1.00. The predicted molar refractivity (Wildman–Crippen MR) is 65.8 cm³/mol. The van der Waals surface area contributed by atoms with Gasteiger partial charge in [-0.05, 0) is 39.9 Å². The van der Waals surface area contributed by atoms with Gasteiger partial charge in [0.1, 0.15) is 0 Å². The zero-order chi connectivity index (χ0) is 12.3. The fraction of sp³-hybridized carbons (Fsp3) is 0.0909. The molecular formula is C11H10N4OS. The first-order valence-electron chi connectivity index (χ1n) is 4.90. The highest BCUT2D eigenvalue weighted by Crippen LogP contribution is 2.18. The zero-order valence-electron chi connectivity index (χ0n) is 9.20. The molecular weight excluding hydrogens is 236 g/mol. The van der Waals surface area contributed by atoms with Gasteiger partial charge in [0.05, 0.1) is 5.69 Å². The number of hydrogen-bond donors (Lipinski definition) is 0. The molecule has 0 radical (unpaired) electrons. The quantitative estimate of drug-likeness (QED) is 0.774. The summed E-state index contributed by atoms with van der Waals surface area (Å²) in [7, 11) is 0. The van der Waals surface area contributed by atoms with Gasteiger partial charge in [-0.25, -0.2) is 0 Å². The molecule has 1 heterocycles. The number of hydrogen-bond acceptors (Lipinski definition) is 5. The highest BCUT2D eigenvalue weighted by atomic mass is 32.2. The van der Waals surface area contributed by atoms with E-state index in [4.69, 9.17) is 0 Å². The smallest absolute Gasteiger partial charge is 0.221 e. The molecule has 0 spiro atoms. The van der Waals surface area contributed by atoms with Gasteiger partial charge in [-0.2, -0.15) is 4.68 Å². The lowest BCUT2D eigenvalue weighted by atomic mass is 10.2. The van der Waals surface area contributed by atoms with Crippen LogP contribution in [0.2, 0.25) is 0 Å². The lowest BCUT2D eigenvalue weighted by molar-refractivity contribution is -0.109. The van der Waals surface area contributed by atoms with Crippen LogP contribution in [-0.2, 0) is 4.79 Å². The van der Waals surface area contributed by atoms with Crippen molar-refractivity contribution in [2.75, 3.05) is 0 Å². The second-order valence-corrected chi connectivity index (χ2v) is 4.41. The topological polar surface area (TPSA) is 60.7 Å². The Bertz CT molecular complexity index is 547. The largest absolute Gasteiger partial charge is 0.287 e. The highest BCUT2D eigenvalue weighted by Gasteiger charge is 2.10. The van der Waals surface area contributed by atoms with Gasteiger partial charge >= 0.3 is 0 Å². The van der Waals surface area contributed by atoms with E-state index in [2.05, 4.69) is 22.1 Å². The maximum absolute atomic E-state index is 11.0. The molecule has 0 N–H and O–H groups in total. The molecule has 86 valence electrons. The van der Waals surface area contributed by atoms with Gasteiger partial charge in [-0.15, -0.1) is 5.10 Å². The van der Waals surface area contributed by atoms with Crippen LogP contribution in [0.25, 0.3) is 11.8 Å². The molecule has 0 aliphatic carbocycles. The second kappa shape index (κ2) is 4.92. The second-order valence-electron chi connectivity index (χ2n) is 3.26.